The molecule has 0 spiro atoms. The average Bonchev–Trinajstić information content (AvgIpc) is 2.66. The number of ether oxygens (including phenoxy) is 1. The van der Waals surface area contributed by atoms with Gasteiger partial charge in [0.25, 0.3) is 0 Å². The van der Waals surface area contributed by atoms with E-state index in [4.69, 9.17) is 4.74 Å². The molecule has 5 heteroatoms. The summed E-state index contributed by atoms with van der Waals surface area (Å²) in [6, 6.07) is 18.5. The van der Waals surface area contributed by atoms with Gasteiger partial charge in [-0.3, -0.25) is 0 Å². The van der Waals surface area contributed by atoms with Crippen molar-refractivity contribution in [3.8, 4) is 5.75 Å². The predicted molar refractivity (Wildman–Crippen MR) is 110 cm³/mol. The fourth-order valence-corrected chi connectivity index (χ4v) is 2.76. The van der Waals surface area contributed by atoms with E-state index in [0.717, 1.165) is 27.6 Å². The van der Waals surface area contributed by atoms with Crippen LogP contribution in [0, 0.1) is 5.82 Å². The molecule has 0 heterocycles. The number of fused-ring (bicyclic) bond motifs is 1. The Labute approximate surface area is 165 Å². The molecule has 0 radical (unpaired) electrons. The second kappa shape index (κ2) is 9.18. The Morgan fingerprint density at radius 2 is 1.70 bits per heavy atom. The first-order valence-electron chi connectivity index (χ1n) is 8.72. The first kappa shape index (κ1) is 21.2. The van der Waals surface area contributed by atoms with Gasteiger partial charge in [-0.25, -0.2) is 4.39 Å². The molecule has 0 fully saturated rings. The van der Waals surface area contributed by atoms with Gasteiger partial charge < -0.3 is 15.2 Å². The maximum absolute atomic E-state index is 13.1. The third kappa shape index (κ3) is 5.42. The molecular formula is C22H25ClFNO2. The Bertz CT molecular complexity index is 881. The molecule has 3 rings (SSSR count). The average molecular weight is 390 g/mol. The zero-order chi connectivity index (χ0) is 18.6. The summed E-state index contributed by atoms with van der Waals surface area (Å²) in [4.78, 5) is 0. The van der Waals surface area contributed by atoms with Crippen molar-refractivity contribution in [2.75, 3.05) is 6.61 Å². The summed E-state index contributed by atoms with van der Waals surface area (Å²) in [5.41, 5.74) is 1.58. The van der Waals surface area contributed by atoms with E-state index in [0.29, 0.717) is 13.2 Å². The van der Waals surface area contributed by atoms with Crippen LogP contribution in [-0.2, 0) is 13.2 Å². The fourth-order valence-electron chi connectivity index (χ4n) is 2.76. The van der Waals surface area contributed by atoms with Crippen LogP contribution in [0.1, 0.15) is 25.0 Å². The Hall–Kier alpha value is -2.14. The lowest BCUT2D eigenvalue weighted by atomic mass is 10.0. The number of hydrogen-bond donors (Lipinski definition) is 2. The van der Waals surface area contributed by atoms with Crippen molar-refractivity contribution in [1.29, 1.82) is 0 Å². The Morgan fingerprint density at radius 1 is 1.00 bits per heavy atom. The number of benzene rings is 3. The highest BCUT2D eigenvalue weighted by Gasteiger charge is 2.17. The first-order valence-corrected chi connectivity index (χ1v) is 8.72. The number of aliphatic hydroxyl groups excluding tert-OH is 1. The highest BCUT2D eigenvalue weighted by Crippen LogP contribution is 2.29. The number of halogens is 2. The first-order chi connectivity index (χ1) is 12.5. The standard InChI is InChI=1S/C22H24FNO2.ClH/c1-22(2,15-25)24-13-20-19-6-4-3-5-17(19)9-12-21(20)26-14-16-7-10-18(23)11-8-16;/h3-12,24-25H,13-15H2,1-2H3;1H. The van der Waals surface area contributed by atoms with E-state index < -0.39 is 0 Å². The van der Waals surface area contributed by atoms with Gasteiger partial charge in [0.2, 0.25) is 0 Å². The number of rotatable bonds is 7. The molecule has 3 aromatic rings. The van der Waals surface area contributed by atoms with Gasteiger partial charge in [0.1, 0.15) is 18.2 Å². The molecule has 0 unspecified atom stereocenters. The molecule has 3 aromatic carbocycles. The molecule has 0 amide bonds. The predicted octanol–water partition coefficient (Wildman–Crippen LogP) is 4.84. The van der Waals surface area contributed by atoms with Gasteiger partial charge in [0.05, 0.1) is 6.61 Å². The van der Waals surface area contributed by atoms with Crippen LogP contribution in [0.3, 0.4) is 0 Å². The van der Waals surface area contributed by atoms with Crippen LogP contribution < -0.4 is 10.1 Å². The van der Waals surface area contributed by atoms with Gasteiger partial charge in [-0.2, -0.15) is 0 Å². The molecule has 0 bridgehead atoms. The summed E-state index contributed by atoms with van der Waals surface area (Å²) in [7, 11) is 0. The summed E-state index contributed by atoms with van der Waals surface area (Å²) in [6.07, 6.45) is 0. The van der Waals surface area contributed by atoms with Crippen molar-refractivity contribution in [1.82, 2.24) is 5.32 Å². The Kier molecular flexibility index (Phi) is 7.19. The monoisotopic (exact) mass is 389 g/mol. The lowest BCUT2D eigenvalue weighted by molar-refractivity contribution is 0.187. The van der Waals surface area contributed by atoms with Crippen molar-refractivity contribution in [3.05, 3.63) is 77.6 Å². The van der Waals surface area contributed by atoms with Gasteiger partial charge in [0.15, 0.2) is 0 Å². The van der Waals surface area contributed by atoms with Crippen LogP contribution in [-0.4, -0.2) is 17.3 Å². The molecule has 0 aromatic heterocycles. The molecule has 2 N–H and O–H groups in total. The van der Waals surface area contributed by atoms with Crippen molar-refractivity contribution >= 4 is 23.2 Å². The maximum atomic E-state index is 13.1. The Morgan fingerprint density at radius 3 is 2.41 bits per heavy atom. The van der Waals surface area contributed by atoms with E-state index in [-0.39, 0.29) is 30.4 Å². The summed E-state index contributed by atoms with van der Waals surface area (Å²) in [5.74, 6) is 0.532. The van der Waals surface area contributed by atoms with Gasteiger partial charge in [-0.15, -0.1) is 12.4 Å². The largest absolute Gasteiger partial charge is 0.489 e. The minimum atomic E-state index is -0.384. The van der Waals surface area contributed by atoms with Gasteiger partial charge in [-0.05, 0) is 48.4 Å². The summed E-state index contributed by atoms with van der Waals surface area (Å²) < 4.78 is 19.1. The van der Waals surface area contributed by atoms with Crippen LogP contribution in [0.4, 0.5) is 4.39 Å². The quantitative estimate of drug-likeness (QED) is 0.607. The second-order valence-electron chi connectivity index (χ2n) is 7.07. The lowest BCUT2D eigenvalue weighted by Crippen LogP contribution is -2.42. The van der Waals surface area contributed by atoms with E-state index in [1.807, 2.05) is 38.1 Å². The van der Waals surface area contributed by atoms with Gasteiger partial charge in [0, 0.05) is 17.6 Å². The smallest absolute Gasteiger partial charge is 0.124 e. The maximum Gasteiger partial charge on any atom is 0.124 e. The van der Waals surface area contributed by atoms with Crippen LogP contribution >= 0.6 is 12.4 Å². The van der Waals surface area contributed by atoms with E-state index in [2.05, 4.69) is 17.4 Å². The molecule has 0 saturated carbocycles. The lowest BCUT2D eigenvalue weighted by Gasteiger charge is -2.25. The zero-order valence-corrected chi connectivity index (χ0v) is 16.4. The number of hydrogen-bond acceptors (Lipinski definition) is 3. The summed E-state index contributed by atoms with van der Waals surface area (Å²) in [6.45, 7) is 4.90. The topological polar surface area (TPSA) is 41.5 Å². The van der Waals surface area contributed by atoms with E-state index in [1.165, 1.54) is 12.1 Å². The SMILES string of the molecule is CC(C)(CO)NCc1c(OCc2ccc(F)cc2)ccc2ccccc12.Cl. The van der Waals surface area contributed by atoms with Crippen LogP contribution in [0.15, 0.2) is 60.7 Å². The molecule has 0 saturated heterocycles. The summed E-state index contributed by atoms with van der Waals surface area (Å²) >= 11 is 0. The van der Waals surface area contributed by atoms with Crippen molar-refractivity contribution in [3.63, 3.8) is 0 Å². The van der Waals surface area contributed by atoms with E-state index in [9.17, 15) is 9.50 Å². The van der Waals surface area contributed by atoms with Gasteiger partial charge >= 0.3 is 0 Å². The number of aliphatic hydroxyl groups is 1. The molecule has 0 aliphatic heterocycles. The van der Waals surface area contributed by atoms with Crippen molar-refractivity contribution < 1.29 is 14.2 Å². The third-order valence-corrected chi connectivity index (χ3v) is 4.44. The molecular weight excluding hydrogens is 365 g/mol. The molecule has 144 valence electrons. The second-order valence-corrected chi connectivity index (χ2v) is 7.07. The van der Waals surface area contributed by atoms with Crippen LogP contribution in [0.2, 0.25) is 0 Å². The third-order valence-electron chi connectivity index (χ3n) is 4.44. The van der Waals surface area contributed by atoms with Gasteiger partial charge in [-0.1, -0.05) is 42.5 Å². The molecule has 0 aliphatic carbocycles. The highest BCUT2D eigenvalue weighted by atomic mass is 35.5. The Balaban J connectivity index is 0.00000261. The normalized spacial score (nSPS) is 11.3. The minimum Gasteiger partial charge on any atom is -0.489 e. The molecule has 27 heavy (non-hydrogen) atoms. The molecule has 0 aliphatic rings. The summed E-state index contributed by atoms with van der Waals surface area (Å²) in [5, 5.41) is 15.1. The van der Waals surface area contributed by atoms with Crippen molar-refractivity contribution in [2.24, 2.45) is 0 Å². The molecule has 0 atom stereocenters. The molecule has 3 nitrogen and oxygen atoms in total. The highest BCUT2D eigenvalue weighted by molar-refractivity contribution is 5.87. The minimum absolute atomic E-state index is 0. The number of nitrogens with one attached hydrogen (secondary N) is 1. The fraction of sp³-hybridized carbons (Fsp3) is 0.273. The van der Waals surface area contributed by atoms with E-state index in [1.54, 1.807) is 12.1 Å². The van der Waals surface area contributed by atoms with Crippen LogP contribution in [0.25, 0.3) is 10.8 Å². The van der Waals surface area contributed by atoms with Crippen LogP contribution in [0.5, 0.6) is 5.75 Å². The van der Waals surface area contributed by atoms with Crippen molar-refractivity contribution in [2.45, 2.75) is 32.5 Å². The van der Waals surface area contributed by atoms with E-state index >= 15 is 0 Å². The zero-order valence-electron chi connectivity index (χ0n) is 15.5.